The van der Waals surface area contributed by atoms with Crippen molar-refractivity contribution in [1.82, 2.24) is 4.31 Å². The number of quaternary nitrogens is 1. The molecule has 0 atom stereocenters. The lowest BCUT2D eigenvalue weighted by Gasteiger charge is -2.32. The van der Waals surface area contributed by atoms with E-state index in [-0.39, 0.29) is 17.0 Å². The number of fused-ring (bicyclic) bond motifs is 1. The average molecular weight is 491 g/mol. The van der Waals surface area contributed by atoms with Crippen LogP contribution in [0.2, 0.25) is 0 Å². The Balaban J connectivity index is 0.00000320. The van der Waals surface area contributed by atoms with Crippen LogP contribution in [0, 0.1) is 13.8 Å². The predicted molar refractivity (Wildman–Crippen MR) is 120 cm³/mol. The van der Waals surface area contributed by atoms with E-state index in [1.165, 1.54) is 21.0 Å². The predicted octanol–water partition coefficient (Wildman–Crippen LogP) is 1.36. The molecule has 6 heteroatoms. The molecule has 0 fully saturated rings. The number of sulfonamides is 1. The van der Waals surface area contributed by atoms with Crippen LogP contribution in [0.25, 0.3) is 10.8 Å². The normalized spacial score (nSPS) is 12.2. The lowest BCUT2D eigenvalue weighted by molar-refractivity contribution is -0.902. The summed E-state index contributed by atoms with van der Waals surface area (Å²) in [5, 5.41) is 1.98. The second-order valence-corrected chi connectivity index (χ2v) is 10.7. The highest BCUT2D eigenvalue weighted by Crippen LogP contribution is 2.21. The molecule has 0 aliphatic heterocycles. The highest BCUT2D eigenvalue weighted by atomic mass is 79.9. The first-order valence-electron chi connectivity index (χ1n) is 9.91. The molecule has 3 rings (SSSR count). The molecule has 3 aromatic rings. The zero-order valence-corrected chi connectivity index (χ0v) is 20.8. The maximum Gasteiger partial charge on any atom is 0.243 e. The van der Waals surface area contributed by atoms with Crippen LogP contribution in [-0.2, 0) is 16.6 Å². The first-order valence-corrected chi connectivity index (χ1v) is 11.4. The molecule has 3 aromatic carbocycles. The number of rotatable bonds is 7. The van der Waals surface area contributed by atoms with Crippen molar-refractivity contribution in [1.29, 1.82) is 0 Å². The van der Waals surface area contributed by atoms with Gasteiger partial charge >= 0.3 is 0 Å². The van der Waals surface area contributed by atoms with E-state index < -0.39 is 10.0 Å². The molecule has 0 spiro atoms. The van der Waals surface area contributed by atoms with E-state index in [1.807, 2.05) is 30.3 Å². The molecule has 0 amide bonds. The molecular weight excluding hydrogens is 460 g/mol. The van der Waals surface area contributed by atoms with E-state index in [0.29, 0.717) is 11.4 Å². The Kier molecular flexibility index (Phi) is 7.85. The Labute approximate surface area is 191 Å². The summed E-state index contributed by atoms with van der Waals surface area (Å²) in [6.45, 7) is 6.29. The molecule has 0 heterocycles. The summed E-state index contributed by atoms with van der Waals surface area (Å²) in [4.78, 5) is 0.346. The molecular formula is C24H31BrN2O2S. The first-order chi connectivity index (χ1) is 13.6. The maximum atomic E-state index is 13.1. The van der Waals surface area contributed by atoms with Crippen molar-refractivity contribution < 1.29 is 29.9 Å². The molecule has 0 saturated heterocycles. The molecule has 30 heavy (non-hydrogen) atoms. The van der Waals surface area contributed by atoms with Crippen LogP contribution in [0.4, 0.5) is 0 Å². The van der Waals surface area contributed by atoms with Gasteiger partial charge in [0.1, 0.15) is 6.54 Å². The first kappa shape index (κ1) is 24.5. The average Bonchev–Trinajstić information content (AvgIpc) is 2.64. The van der Waals surface area contributed by atoms with Gasteiger partial charge in [-0.2, -0.15) is 4.31 Å². The van der Waals surface area contributed by atoms with Gasteiger partial charge in [0, 0.05) is 12.6 Å². The summed E-state index contributed by atoms with van der Waals surface area (Å²) in [7, 11) is 2.45. The van der Waals surface area contributed by atoms with Crippen molar-refractivity contribution in [2.75, 3.05) is 34.2 Å². The second-order valence-electron chi connectivity index (χ2n) is 8.65. The monoisotopic (exact) mass is 490 g/mol. The number of benzene rings is 3. The van der Waals surface area contributed by atoms with Crippen molar-refractivity contribution in [3.05, 3.63) is 77.4 Å². The van der Waals surface area contributed by atoms with Gasteiger partial charge in [0.2, 0.25) is 10.0 Å². The van der Waals surface area contributed by atoms with Crippen molar-refractivity contribution in [2.24, 2.45) is 0 Å². The van der Waals surface area contributed by atoms with Crippen LogP contribution in [0.3, 0.4) is 0 Å². The topological polar surface area (TPSA) is 37.4 Å². The zero-order valence-electron chi connectivity index (χ0n) is 18.4. The van der Waals surface area contributed by atoms with Crippen molar-refractivity contribution in [2.45, 2.75) is 25.3 Å². The standard InChI is InChI=1S/C24H31N2O2S.BrH/c1-19-14-20(2)16-21(15-19)18-26(4,5)13-12-25(3)29(27,28)24-11-10-22-8-6-7-9-23(22)17-24;/h6-11,14-17H,12-13,18H2,1-5H3;1H/q+1;/p-1. The summed E-state index contributed by atoms with van der Waals surface area (Å²) in [5.74, 6) is 0. The molecule has 0 aliphatic carbocycles. The number of hydrogen-bond donors (Lipinski definition) is 0. The SMILES string of the molecule is Cc1cc(C)cc(C[N+](C)(C)CCN(C)S(=O)(=O)c2ccc3ccccc3c2)c1.[Br-]. The Morgan fingerprint density at radius 1 is 0.867 bits per heavy atom. The van der Waals surface area contributed by atoms with Gasteiger partial charge in [-0.3, -0.25) is 0 Å². The molecule has 0 unspecified atom stereocenters. The van der Waals surface area contributed by atoms with Crippen molar-refractivity contribution in [3.63, 3.8) is 0 Å². The van der Waals surface area contributed by atoms with Crippen LogP contribution in [-0.4, -0.2) is 51.4 Å². The third-order valence-electron chi connectivity index (χ3n) is 5.34. The number of halogens is 1. The Morgan fingerprint density at radius 2 is 1.47 bits per heavy atom. The molecule has 0 radical (unpaired) electrons. The van der Waals surface area contributed by atoms with Gasteiger partial charge in [-0.05, 0) is 36.8 Å². The van der Waals surface area contributed by atoms with Gasteiger partial charge in [-0.15, -0.1) is 0 Å². The number of likely N-dealkylation sites (N-methyl/N-ethyl adjacent to an activating group) is 2. The van der Waals surface area contributed by atoms with Gasteiger partial charge < -0.3 is 21.5 Å². The molecule has 0 N–H and O–H groups in total. The van der Waals surface area contributed by atoms with Crippen LogP contribution < -0.4 is 17.0 Å². The van der Waals surface area contributed by atoms with Gasteiger partial charge in [-0.25, -0.2) is 8.42 Å². The van der Waals surface area contributed by atoms with Gasteiger partial charge in [0.25, 0.3) is 0 Å². The van der Waals surface area contributed by atoms with Gasteiger partial charge in [-0.1, -0.05) is 59.7 Å². The summed E-state index contributed by atoms with van der Waals surface area (Å²) in [6.07, 6.45) is 0. The summed E-state index contributed by atoms with van der Waals surface area (Å²) < 4.78 is 28.3. The quantitative estimate of drug-likeness (QED) is 0.469. The van der Waals surface area contributed by atoms with Crippen LogP contribution in [0.15, 0.2) is 65.6 Å². The third kappa shape index (κ3) is 5.91. The fourth-order valence-corrected chi connectivity index (χ4v) is 4.97. The maximum absolute atomic E-state index is 13.1. The van der Waals surface area contributed by atoms with Crippen LogP contribution in [0.5, 0.6) is 0 Å². The van der Waals surface area contributed by atoms with E-state index >= 15 is 0 Å². The summed E-state index contributed by atoms with van der Waals surface area (Å²) in [5.41, 5.74) is 3.81. The minimum Gasteiger partial charge on any atom is -1.00 e. The molecule has 0 aromatic heterocycles. The van der Waals surface area contributed by atoms with Crippen LogP contribution >= 0.6 is 0 Å². The second kappa shape index (κ2) is 9.60. The fraction of sp³-hybridized carbons (Fsp3) is 0.333. The summed E-state index contributed by atoms with van der Waals surface area (Å²) in [6, 6.07) is 19.7. The van der Waals surface area contributed by atoms with E-state index in [1.54, 1.807) is 19.2 Å². The minimum absolute atomic E-state index is 0. The fourth-order valence-electron chi connectivity index (χ4n) is 3.77. The van der Waals surface area contributed by atoms with Crippen molar-refractivity contribution >= 4 is 20.8 Å². The summed E-state index contributed by atoms with van der Waals surface area (Å²) >= 11 is 0. The number of nitrogens with zero attached hydrogens (tertiary/aromatic N) is 2. The largest absolute Gasteiger partial charge is 1.00 e. The molecule has 0 bridgehead atoms. The number of aryl methyl sites for hydroxylation is 2. The van der Waals surface area contributed by atoms with Crippen molar-refractivity contribution in [3.8, 4) is 0 Å². The zero-order chi connectivity index (χ0) is 21.2. The van der Waals surface area contributed by atoms with E-state index in [0.717, 1.165) is 28.3 Å². The highest BCUT2D eigenvalue weighted by Gasteiger charge is 2.24. The van der Waals surface area contributed by atoms with Crippen LogP contribution in [0.1, 0.15) is 16.7 Å². The highest BCUT2D eigenvalue weighted by molar-refractivity contribution is 7.89. The van der Waals surface area contributed by atoms with Gasteiger partial charge in [0.15, 0.2) is 0 Å². The molecule has 0 aliphatic rings. The van der Waals surface area contributed by atoms with Gasteiger partial charge in [0.05, 0.1) is 32.1 Å². The molecule has 162 valence electrons. The lowest BCUT2D eigenvalue weighted by Crippen LogP contribution is -3.00. The lowest BCUT2D eigenvalue weighted by atomic mass is 10.1. The van der Waals surface area contributed by atoms with E-state index in [2.05, 4.69) is 46.1 Å². The Hall–Kier alpha value is -1.73. The minimum atomic E-state index is -3.52. The Bertz CT molecular complexity index is 1110. The molecule has 4 nitrogen and oxygen atoms in total. The van der Waals surface area contributed by atoms with E-state index in [4.69, 9.17) is 0 Å². The molecule has 0 saturated carbocycles. The smallest absolute Gasteiger partial charge is 0.243 e. The Morgan fingerprint density at radius 3 is 2.10 bits per heavy atom. The van der Waals surface area contributed by atoms with E-state index in [9.17, 15) is 8.42 Å². The number of hydrogen-bond acceptors (Lipinski definition) is 2. The third-order valence-corrected chi connectivity index (χ3v) is 7.19.